The van der Waals surface area contributed by atoms with Gasteiger partial charge in [-0.3, -0.25) is 0 Å². The molecule has 136 valence electrons. The minimum Gasteiger partial charge on any atom is -0.444 e. The Morgan fingerprint density at radius 2 is 2.00 bits per heavy atom. The van der Waals surface area contributed by atoms with Crippen LogP contribution in [0, 0.1) is 0 Å². The lowest BCUT2D eigenvalue weighted by Gasteiger charge is -2.34. The van der Waals surface area contributed by atoms with E-state index in [4.69, 9.17) is 4.74 Å². The minimum atomic E-state index is -0.491. The third-order valence-electron chi connectivity index (χ3n) is 4.07. The normalized spacial score (nSPS) is 16.2. The number of aromatic nitrogens is 1. The first-order valence-electron chi connectivity index (χ1n) is 8.60. The molecule has 0 unspecified atom stereocenters. The van der Waals surface area contributed by atoms with Gasteiger partial charge in [-0.05, 0) is 46.0 Å². The van der Waals surface area contributed by atoms with E-state index in [9.17, 15) is 4.79 Å². The maximum Gasteiger partial charge on any atom is 0.408 e. The standard InChI is InChI=1S/C18H26N4O2S/c1-18(2,3)24-17(23)19-12-16-20-14-11-13(5-6-15(14)25-16)22-9-7-21(4)8-10-22/h5-6,11H,7-10,12H2,1-4H3,(H,19,23). The Labute approximate surface area is 152 Å². The van der Waals surface area contributed by atoms with Gasteiger partial charge < -0.3 is 19.9 Å². The highest BCUT2D eigenvalue weighted by atomic mass is 32.1. The minimum absolute atomic E-state index is 0.387. The van der Waals surface area contributed by atoms with Crippen molar-refractivity contribution >= 4 is 33.3 Å². The number of thiazole rings is 1. The molecule has 0 saturated carbocycles. The number of benzene rings is 1. The summed E-state index contributed by atoms with van der Waals surface area (Å²) in [6.45, 7) is 10.2. The summed E-state index contributed by atoms with van der Waals surface area (Å²) in [5, 5.41) is 3.66. The molecular weight excluding hydrogens is 336 g/mol. The zero-order valence-corrected chi connectivity index (χ0v) is 16.2. The molecule has 6 nitrogen and oxygen atoms in total. The number of carbonyl (C=O) groups is 1. The van der Waals surface area contributed by atoms with E-state index in [1.54, 1.807) is 11.3 Å². The fraction of sp³-hybridized carbons (Fsp3) is 0.556. The predicted octanol–water partition coefficient (Wildman–Crippen LogP) is 3.07. The molecule has 2 heterocycles. The van der Waals surface area contributed by atoms with Crippen LogP contribution in [0.5, 0.6) is 0 Å². The molecule has 0 spiro atoms. The van der Waals surface area contributed by atoms with Crippen molar-refractivity contribution in [2.75, 3.05) is 38.1 Å². The number of piperazine rings is 1. The van der Waals surface area contributed by atoms with Gasteiger partial charge in [-0.15, -0.1) is 11.3 Å². The molecule has 7 heteroatoms. The first-order valence-corrected chi connectivity index (χ1v) is 9.42. The Kier molecular flexibility index (Phi) is 5.15. The number of rotatable bonds is 3. The molecule has 1 N–H and O–H groups in total. The van der Waals surface area contributed by atoms with Crippen LogP contribution in [0.25, 0.3) is 10.2 Å². The molecule has 0 atom stereocenters. The second-order valence-electron chi connectivity index (χ2n) is 7.41. The van der Waals surface area contributed by atoms with E-state index in [2.05, 4.69) is 45.3 Å². The summed E-state index contributed by atoms with van der Waals surface area (Å²) in [6.07, 6.45) is -0.412. The van der Waals surface area contributed by atoms with Gasteiger partial charge >= 0.3 is 6.09 Å². The molecule has 1 aromatic carbocycles. The number of alkyl carbamates (subject to hydrolysis) is 1. The van der Waals surface area contributed by atoms with Gasteiger partial charge in [0.25, 0.3) is 0 Å². The molecule has 0 aliphatic carbocycles. The largest absolute Gasteiger partial charge is 0.444 e. The van der Waals surface area contributed by atoms with Crippen molar-refractivity contribution in [1.29, 1.82) is 0 Å². The quantitative estimate of drug-likeness (QED) is 0.909. The number of fused-ring (bicyclic) bond motifs is 1. The van der Waals surface area contributed by atoms with Crippen LogP contribution in [0.4, 0.5) is 10.5 Å². The van der Waals surface area contributed by atoms with Gasteiger partial charge in [0.2, 0.25) is 0 Å². The van der Waals surface area contributed by atoms with Crippen molar-refractivity contribution in [2.24, 2.45) is 0 Å². The summed E-state index contributed by atoms with van der Waals surface area (Å²) in [4.78, 5) is 21.2. The second kappa shape index (κ2) is 7.17. The molecule has 0 radical (unpaired) electrons. The zero-order valence-electron chi connectivity index (χ0n) is 15.3. The third kappa shape index (κ3) is 4.83. The topological polar surface area (TPSA) is 57.7 Å². The number of hydrogen-bond donors (Lipinski definition) is 1. The summed E-state index contributed by atoms with van der Waals surface area (Å²) in [7, 11) is 2.16. The van der Waals surface area contributed by atoms with Crippen LogP contribution in [-0.2, 0) is 11.3 Å². The number of carbonyl (C=O) groups excluding carboxylic acids is 1. The number of ether oxygens (including phenoxy) is 1. The smallest absolute Gasteiger partial charge is 0.408 e. The number of hydrogen-bond acceptors (Lipinski definition) is 6. The number of likely N-dealkylation sites (N-methyl/N-ethyl adjacent to an activating group) is 1. The van der Waals surface area contributed by atoms with Crippen LogP contribution >= 0.6 is 11.3 Å². The lowest BCUT2D eigenvalue weighted by atomic mass is 10.2. The molecule has 1 amide bonds. The SMILES string of the molecule is CN1CCN(c2ccc3sc(CNC(=O)OC(C)(C)C)nc3c2)CC1. The summed E-state index contributed by atoms with van der Waals surface area (Å²) in [6, 6.07) is 6.43. The Bertz CT molecular complexity index is 745. The van der Waals surface area contributed by atoms with Gasteiger partial charge in [0.05, 0.1) is 16.8 Å². The van der Waals surface area contributed by atoms with Crippen LogP contribution in [0.3, 0.4) is 0 Å². The summed E-state index contributed by atoms with van der Waals surface area (Å²) >= 11 is 1.60. The van der Waals surface area contributed by atoms with E-state index in [1.807, 2.05) is 20.8 Å². The molecule has 2 aromatic rings. The van der Waals surface area contributed by atoms with Crippen molar-refractivity contribution in [1.82, 2.24) is 15.2 Å². The number of nitrogens with one attached hydrogen (secondary N) is 1. The number of anilines is 1. The highest BCUT2D eigenvalue weighted by Crippen LogP contribution is 2.27. The van der Waals surface area contributed by atoms with Crippen LogP contribution in [0.15, 0.2) is 18.2 Å². The zero-order chi connectivity index (χ0) is 18.0. The van der Waals surface area contributed by atoms with Crippen molar-refractivity contribution in [3.05, 3.63) is 23.2 Å². The highest BCUT2D eigenvalue weighted by Gasteiger charge is 2.17. The average Bonchev–Trinajstić information content (AvgIpc) is 2.94. The van der Waals surface area contributed by atoms with E-state index in [1.165, 1.54) is 5.69 Å². The fourth-order valence-electron chi connectivity index (χ4n) is 2.76. The highest BCUT2D eigenvalue weighted by molar-refractivity contribution is 7.18. The van der Waals surface area contributed by atoms with Gasteiger partial charge in [0.15, 0.2) is 0 Å². The van der Waals surface area contributed by atoms with Crippen LogP contribution in [0.2, 0.25) is 0 Å². The lowest BCUT2D eigenvalue weighted by molar-refractivity contribution is 0.0523. The summed E-state index contributed by atoms with van der Waals surface area (Å²) in [5.74, 6) is 0. The van der Waals surface area contributed by atoms with E-state index in [-0.39, 0.29) is 0 Å². The first-order chi connectivity index (χ1) is 11.8. The summed E-state index contributed by atoms with van der Waals surface area (Å²) in [5.41, 5.74) is 1.72. The molecule has 3 rings (SSSR count). The van der Waals surface area contributed by atoms with Gasteiger partial charge in [-0.2, -0.15) is 0 Å². The van der Waals surface area contributed by atoms with Gasteiger partial charge in [-0.1, -0.05) is 0 Å². The molecule has 25 heavy (non-hydrogen) atoms. The Balaban J connectivity index is 1.65. The molecule has 1 saturated heterocycles. The molecule has 1 aliphatic rings. The predicted molar refractivity (Wildman–Crippen MR) is 102 cm³/mol. The van der Waals surface area contributed by atoms with E-state index in [0.29, 0.717) is 6.54 Å². The Morgan fingerprint density at radius 3 is 2.68 bits per heavy atom. The molecule has 0 bridgehead atoms. The Hall–Kier alpha value is -1.86. The van der Waals surface area contributed by atoms with Crippen LogP contribution < -0.4 is 10.2 Å². The average molecular weight is 362 g/mol. The number of amides is 1. The van der Waals surface area contributed by atoms with E-state index >= 15 is 0 Å². The van der Waals surface area contributed by atoms with Crippen molar-refractivity contribution < 1.29 is 9.53 Å². The van der Waals surface area contributed by atoms with Gasteiger partial charge in [0.1, 0.15) is 10.6 Å². The lowest BCUT2D eigenvalue weighted by Crippen LogP contribution is -2.44. The summed E-state index contributed by atoms with van der Waals surface area (Å²) < 4.78 is 6.39. The number of nitrogens with zero attached hydrogens (tertiary/aromatic N) is 3. The monoisotopic (exact) mass is 362 g/mol. The molecule has 1 fully saturated rings. The maximum absolute atomic E-state index is 11.8. The molecule has 1 aliphatic heterocycles. The molecular formula is C18H26N4O2S. The van der Waals surface area contributed by atoms with Crippen LogP contribution in [0.1, 0.15) is 25.8 Å². The fourth-order valence-corrected chi connectivity index (χ4v) is 3.65. The van der Waals surface area contributed by atoms with Gasteiger partial charge in [0, 0.05) is 31.9 Å². The van der Waals surface area contributed by atoms with E-state index in [0.717, 1.165) is 41.4 Å². The van der Waals surface area contributed by atoms with Crippen molar-refractivity contribution in [2.45, 2.75) is 32.9 Å². The first kappa shape index (κ1) is 17.9. The van der Waals surface area contributed by atoms with Crippen molar-refractivity contribution in [3.63, 3.8) is 0 Å². The third-order valence-corrected chi connectivity index (χ3v) is 5.10. The van der Waals surface area contributed by atoms with E-state index < -0.39 is 11.7 Å². The van der Waals surface area contributed by atoms with Crippen molar-refractivity contribution in [3.8, 4) is 0 Å². The van der Waals surface area contributed by atoms with Crippen LogP contribution in [-0.4, -0.2) is 54.8 Å². The Morgan fingerprint density at radius 1 is 1.28 bits per heavy atom. The maximum atomic E-state index is 11.8. The second-order valence-corrected chi connectivity index (χ2v) is 8.52. The molecule has 1 aromatic heterocycles. The van der Waals surface area contributed by atoms with Gasteiger partial charge in [-0.25, -0.2) is 9.78 Å².